The van der Waals surface area contributed by atoms with E-state index in [2.05, 4.69) is 45.1 Å². The van der Waals surface area contributed by atoms with Gasteiger partial charge in [0.2, 0.25) is 0 Å². The molecule has 7 heteroatoms. The molecule has 2 aliphatic heterocycles. The molecule has 3 N–H and O–H groups in total. The lowest BCUT2D eigenvalue weighted by molar-refractivity contribution is 0.186. The number of benzene rings is 1. The van der Waals surface area contributed by atoms with Crippen LogP contribution in [0.25, 0.3) is 0 Å². The van der Waals surface area contributed by atoms with Gasteiger partial charge in [0.25, 0.3) is 0 Å². The molecule has 0 amide bonds. The minimum absolute atomic E-state index is 0.0920. The molecule has 0 unspecified atom stereocenters. The largest absolute Gasteiger partial charge is 0.390 e. The molecule has 2 aromatic heterocycles. The van der Waals surface area contributed by atoms with E-state index in [1.54, 1.807) is 0 Å². The van der Waals surface area contributed by atoms with Crippen molar-refractivity contribution in [1.82, 2.24) is 15.0 Å². The maximum atomic E-state index is 10.2. The summed E-state index contributed by atoms with van der Waals surface area (Å²) in [6.07, 6.45) is 8.78. The Morgan fingerprint density at radius 1 is 1.06 bits per heavy atom. The zero-order chi connectivity index (χ0) is 22.4. The lowest BCUT2D eigenvalue weighted by atomic mass is 9.73. The first-order chi connectivity index (χ1) is 16.2. The number of nitrogens with zero attached hydrogens (tertiary/aromatic N) is 5. The van der Waals surface area contributed by atoms with Gasteiger partial charge in [0.05, 0.1) is 24.2 Å². The minimum Gasteiger partial charge on any atom is -0.390 e. The highest BCUT2D eigenvalue weighted by Gasteiger charge is 2.46. The molecule has 33 heavy (non-hydrogen) atoms. The summed E-state index contributed by atoms with van der Waals surface area (Å²) in [6.45, 7) is 2.50. The second kappa shape index (κ2) is 8.08. The van der Waals surface area contributed by atoms with Gasteiger partial charge in [-0.15, -0.1) is 0 Å². The molecular weight excluding hydrogens is 412 g/mol. The summed E-state index contributed by atoms with van der Waals surface area (Å²) in [5.74, 6) is 1.57. The monoisotopic (exact) mass is 442 g/mol. The second-order valence-electron chi connectivity index (χ2n) is 9.58. The van der Waals surface area contributed by atoms with Gasteiger partial charge in [-0.3, -0.25) is 4.98 Å². The minimum atomic E-state index is -0.128. The summed E-state index contributed by atoms with van der Waals surface area (Å²) < 4.78 is 0. The van der Waals surface area contributed by atoms with Crippen molar-refractivity contribution >= 4 is 17.3 Å². The van der Waals surface area contributed by atoms with Crippen LogP contribution in [0.3, 0.4) is 0 Å². The zero-order valence-corrected chi connectivity index (χ0v) is 18.8. The maximum Gasteiger partial charge on any atom is 0.152 e. The zero-order valence-electron chi connectivity index (χ0n) is 18.8. The van der Waals surface area contributed by atoms with Crippen LogP contribution < -0.4 is 15.5 Å². The van der Waals surface area contributed by atoms with E-state index >= 15 is 0 Å². The van der Waals surface area contributed by atoms with Crippen molar-refractivity contribution in [1.29, 1.82) is 0 Å². The van der Waals surface area contributed by atoms with Crippen LogP contribution in [0.2, 0.25) is 0 Å². The average molecular weight is 443 g/mol. The molecule has 1 fully saturated rings. The Morgan fingerprint density at radius 3 is 2.73 bits per heavy atom. The van der Waals surface area contributed by atoms with Gasteiger partial charge in [0.15, 0.2) is 11.6 Å². The van der Waals surface area contributed by atoms with Gasteiger partial charge in [-0.25, -0.2) is 9.97 Å². The summed E-state index contributed by atoms with van der Waals surface area (Å²) in [6, 6.07) is 12.7. The van der Waals surface area contributed by atoms with Crippen LogP contribution in [-0.2, 0) is 19.4 Å². The molecule has 0 radical (unpaired) electrons. The normalized spacial score (nSPS) is 21.2. The fourth-order valence-electron chi connectivity index (χ4n) is 6.01. The summed E-state index contributed by atoms with van der Waals surface area (Å²) in [7, 11) is 0. The van der Waals surface area contributed by atoms with Crippen molar-refractivity contribution in [2.75, 3.05) is 29.4 Å². The van der Waals surface area contributed by atoms with Crippen molar-refractivity contribution < 1.29 is 5.11 Å². The summed E-state index contributed by atoms with van der Waals surface area (Å²) in [5, 5.41) is 10.2. The molecule has 4 heterocycles. The summed E-state index contributed by atoms with van der Waals surface area (Å²) >= 11 is 0. The Bertz CT molecular complexity index is 1170. The Morgan fingerprint density at radius 2 is 1.91 bits per heavy atom. The van der Waals surface area contributed by atoms with Crippen LogP contribution in [-0.4, -0.2) is 39.7 Å². The molecule has 0 bridgehead atoms. The van der Waals surface area contributed by atoms with Gasteiger partial charge in [-0.05, 0) is 60.8 Å². The van der Waals surface area contributed by atoms with E-state index in [0.29, 0.717) is 5.69 Å². The number of pyridine rings is 1. The molecule has 3 aliphatic rings. The standard InChI is InChI=1S/C26H30N6O/c27-24-19-6-2-1-5-18(19)15-26(24)9-13-31(14-10-26)25-21(17-33)30-23(16-29-25)32-12-4-7-20-22(32)8-3-11-28-20/h1-3,5-6,8,11,16,24,33H,4,7,9-10,12-15,17,27H2/t24-/m1/s1. The van der Waals surface area contributed by atoms with Gasteiger partial charge in [-0.1, -0.05) is 24.3 Å². The number of aliphatic hydroxyl groups is 1. The van der Waals surface area contributed by atoms with E-state index in [1.165, 1.54) is 11.1 Å². The van der Waals surface area contributed by atoms with E-state index in [4.69, 9.17) is 15.7 Å². The highest BCUT2D eigenvalue weighted by molar-refractivity contribution is 5.64. The van der Waals surface area contributed by atoms with Crippen molar-refractivity contribution in [2.24, 2.45) is 11.1 Å². The van der Waals surface area contributed by atoms with Gasteiger partial charge in [0.1, 0.15) is 5.69 Å². The topological polar surface area (TPSA) is 91.4 Å². The third-order valence-electron chi connectivity index (χ3n) is 7.84. The maximum absolute atomic E-state index is 10.2. The fraction of sp³-hybridized carbons (Fsp3) is 0.423. The number of anilines is 3. The quantitative estimate of drug-likeness (QED) is 0.643. The third-order valence-corrected chi connectivity index (χ3v) is 7.84. The summed E-state index contributed by atoms with van der Waals surface area (Å²) in [5.41, 5.74) is 12.4. The Kier molecular flexibility index (Phi) is 5.03. The van der Waals surface area contributed by atoms with E-state index in [9.17, 15) is 5.11 Å². The second-order valence-corrected chi connectivity index (χ2v) is 9.58. The highest BCUT2D eigenvalue weighted by Crippen LogP contribution is 2.51. The first kappa shape index (κ1) is 20.6. The number of aromatic nitrogens is 3. The number of nitrogens with two attached hydrogens (primary N) is 1. The molecule has 0 saturated carbocycles. The van der Waals surface area contributed by atoms with E-state index < -0.39 is 0 Å². The van der Waals surface area contributed by atoms with Gasteiger partial charge in [0, 0.05) is 31.9 Å². The SMILES string of the molecule is N[C@@H]1c2ccccc2CC12CCN(c1ncc(N3CCCc4ncccc43)nc1CO)CC2. The number of fused-ring (bicyclic) bond motifs is 2. The van der Waals surface area contributed by atoms with Crippen LogP contribution in [0.15, 0.2) is 48.8 Å². The first-order valence-electron chi connectivity index (χ1n) is 11.9. The Labute approximate surface area is 194 Å². The molecule has 1 atom stereocenters. The Hall–Kier alpha value is -3.03. The third kappa shape index (κ3) is 3.38. The van der Waals surface area contributed by atoms with Crippen molar-refractivity contribution in [3.63, 3.8) is 0 Å². The molecule has 1 aliphatic carbocycles. The molecule has 1 aromatic carbocycles. The fourth-order valence-corrected chi connectivity index (χ4v) is 6.01. The predicted octanol–water partition coefficient (Wildman–Crippen LogP) is 3.29. The highest BCUT2D eigenvalue weighted by atomic mass is 16.3. The van der Waals surface area contributed by atoms with Gasteiger partial charge >= 0.3 is 0 Å². The lowest BCUT2D eigenvalue weighted by Crippen LogP contribution is -2.45. The molecule has 6 rings (SSSR count). The van der Waals surface area contributed by atoms with Crippen molar-refractivity contribution in [3.8, 4) is 0 Å². The average Bonchev–Trinajstić information content (AvgIpc) is 3.15. The number of aryl methyl sites for hydroxylation is 1. The smallest absolute Gasteiger partial charge is 0.152 e. The molecular formula is C26H30N6O. The van der Waals surface area contributed by atoms with Crippen LogP contribution in [0.1, 0.15) is 47.8 Å². The van der Waals surface area contributed by atoms with E-state index in [0.717, 1.165) is 74.8 Å². The number of rotatable bonds is 3. The lowest BCUT2D eigenvalue weighted by Gasteiger charge is -2.43. The predicted molar refractivity (Wildman–Crippen MR) is 128 cm³/mol. The first-order valence-corrected chi connectivity index (χ1v) is 11.9. The van der Waals surface area contributed by atoms with Crippen molar-refractivity contribution in [2.45, 2.75) is 44.8 Å². The number of hydrogen-bond acceptors (Lipinski definition) is 7. The van der Waals surface area contributed by atoms with Crippen LogP contribution in [0.5, 0.6) is 0 Å². The van der Waals surface area contributed by atoms with Crippen LogP contribution in [0, 0.1) is 5.41 Å². The molecule has 1 saturated heterocycles. The van der Waals surface area contributed by atoms with Crippen molar-refractivity contribution in [3.05, 3.63) is 71.3 Å². The van der Waals surface area contributed by atoms with Gasteiger partial charge < -0.3 is 20.6 Å². The summed E-state index contributed by atoms with van der Waals surface area (Å²) in [4.78, 5) is 18.6. The molecule has 170 valence electrons. The Balaban J connectivity index is 1.23. The molecule has 3 aromatic rings. The van der Waals surface area contributed by atoms with E-state index in [-0.39, 0.29) is 18.1 Å². The molecule has 7 nitrogen and oxygen atoms in total. The number of hydrogen-bond donors (Lipinski definition) is 2. The molecule has 1 spiro atoms. The van der Waals surface area contributed by atoms with Crippen LogP contribution in [0.4, 0.5) is 17.3 Å². The number of aliphatic hydroxyl groups excluding tert-OH is 1. The number of piperidine rings is 1. The van der Waals surface area contributed by atoms with Crippen LogP contribution >= 0.6 is 0 Å². The van der Waals surface area contributed by atoms with E-state index in [1.807, 2.05) is 18.5 Å². The van der Waals surface area contributed by atoms with Gasteiger partial charge in [-0.2, -0.15) is 0 Å².